The maximum Gasteiger partial charge on any atom is -0.00204 e. The molecule has 13 heavy (non-hydrogen) atoms. The Morgan fingerprint density at radius 1 is 1.15 bits per heavy atom. The summed E-state index contributed by atoms with van der Waals surface area (Å²) in [6.07, 6.45) is 8.53. The minimum absolute atomic E-state index is 0.904. The molecule has 0 spiro atoms. The maximum absolute atomic E-state index is 3.63. The van der Waals surface area contributed by atoms with Crippen LogP contribution >= 0.6 is 0 Å². The Hall–Kier alpha value is -0.0400. The highest BCUT2D eigenvalue weighted by molar-refractivity contribution is 4.70. The van der Waals surface area contributed by atoms with E-state index >= 15 is 0 Å². The van der Waals surface area contributed by atoms with Gasteiger partial charge >= 0.3 is 0 Å². The monoisotopic (exact) mass is 183 g/mol. The lowest BCUT2D eigenvalue weighted by Crippen LogP contribution is -2.26. The van der Waals surface area contributed by atoms with Gasteiger partial charge in [0.1, 0.15) is 0 Å². The van der Waals surface area contributed by atoms with Crippen molar-refractivity contribution in [1.82, 2.24) is 5.32 Å². The normalized spacial score (nSPS) is 18.7. The summed E-state index contributed by atoms with van der Waals surface area (Å²) >= 11 is 0. The lowest BCUT2D eigenvalue weighted by Gasteiger charge is -2.15. The first kappa shape index (κ1) is 11.0. The lowest BCUT2D eigenvalue weighted by molar-refractivity contribution is 0.413. The first-order valence-electron chi connectivity index (χ1n) is 6.07. The molecule has 0 aromatic carbocycles. The average Bonchev–Trinajstić information content (AvgIpc) is 2.65. The third-order valence-electron chi connectivity index (χ3n) is 3.50. The van der Waals surface area contributed by atoms with Gasteiger partial charge in [0.2, 0.25) is 0 Å². The van der Waals surface area contributed by atoms with Crippen LogP contribution in [0.4, 0.5) is 0 Å². The Morgan fingerprint density at radius 2 is 1.77 bits per heavy atom. The molecule has 1 rings (SSSR count). The standard InChI is InChI=1S/C12H25N/c1-3-11(4-2)9-13-10-12-7-5-6-8-12/h11-13H,3-10H2,1-2H3. The van der Waals surface area contributed by atoms with Crippen LogP contribution in [0.3, 0.4) is 0 Å². The second kappa shape index (κ2) is 6.42. The summed E-state index contributed by atoms with van der Waals surface area (Å²) in [6, 6.07) is 0. The van der Waals surface area contributed by atoms with E-state index in [9.17, 15) is 0 Å². The van der Waals surface area contributed by atoms with Crippen LogP contribution in [-0.4, -0.2) is 13.1 Å². The topological polar surface area (TPSA) is 12.0 Å². The summed E-state index contributed by atoms with van der Waals surface area (Å²) in [4.78, 5) is 0. The molecule has 0 aromatic rings. The highest BCUT2D eigenvalue weighted by atomic mass is 14.9. The van der Waals surface area contributed by atoms with Crippen molar-refractivity contribution in [2.75, 3.05) is 13.1 Å². The molecule has 1 nitrogen and oxygen atoms in total. The fourth-order valence-corrected chi connectivity index (χ4v) is 2.28. The van der Waals surface area contributed by atoms with Crippen LogP contribution in [0.2, 0.25) is 0 Å². The molecular formula is C12H25N. The predicted molar refractivity (Wildman–Crippen MR) is 58.9 cm³/mol. The SMILES string of the molecule is CCC(CC)CNCC1CCCC1. The smallest absolute Gasteiger partial charge is 0.00204 e. The molecule has 78 valence electrons. The Labute approximate surface area is 83.3 Å². The molecule has 0 bridgehead atoms. The van der Waals surface area contributed by atoms with Gasteiger partial charge in [0.15, 0.2) is 0 Å². The molecule has 1 aliphatic rings. The van der Waals surface area contributed by atoms with Gasteiger partial charge in [-0.25, -0.2) is 0 Å². The van der Waals surface area contributed by atoms with Crippen molar-refractivity contribution in [3.63, 3.8) is 0 Å². The summed E-state index contributed by atoms with van der Waals surface area (Å²) in [5.41, 5.74) is 0. The summed E-state index contributed by atoms with van der Waals surface area (Å²) in [5, 5.41) is 3.63. The van der Waals surface area contributed by atoms with E-state index in [-0.39, 0.29) is 0 Å². The fourth-order valence-electron chi connectivity index (χ4n) is 2.28. The molecule has 1 N–H and O–H groups in total. The molecule has 1 aliphatic carbocycles. The Morgan fingerprint density at radius 3 is 2.31 bits per heavy atom. The largest absolute Gasteiger partial charge is 0.316 e. The van der Waals surface area contributed by atoms with Gasteiger partial charge in [0.05, 0.1) is 0 Å². The van der Waals surface area contributed by atoms with E-state index in [4.69, 9.17) is 0 Å². The quantitative estimate of drug-likeness (QED) is 0.667. The van der Waals surface area contributed by atoms with E-state index in [1.54, 1.807) is 0 Å². The second-order valence-corrected chi connectivity index (χ2v) is 4.49. The second-order valence-electron chi connectivity index (χ2n) is 4.49. The fraction of sp³-hybridized carbons (Fsp3) is 1.00. The van der Waals surface area contributed by atoms with Crippen molar-refractivity contribution in [2.24, 2.45) is 11.8 Å². The van der Waals surface area contributed by atoms with Crippen molar-refractivity contribution in [2.45, 2.75) is 52.4 Å². The molecule has 0 unspecified atom stereocenters. The lowest BCUT2D eigenvalue weighted by atomic mass is 10.0. The minimum atomic E-state index is 0.904. The molecule has 1 heteroatoms. The van der Waals surface area contributed by atoms with Crippen LogP contribution in [0.5, 0.6) is 0 Å². The maximum atomic E-state index is 3.63. The van der Waals surface area contributed by atoms with Gasteiger partial charge in [-0.3, -0.25) is 0 Å². The van der Waals surface area contributed by atoms with Gasteiger partial charge in [-0.15, -0.1) is 0 Å². The first-order valence-corrected chi connectivity index (χ1v) is 6.07. The molecule has 1 saturated carbocycles. The zero-order valence-electron chi connectivity index (χ0n) is 9.31. The molecule has 0 saturated heterocycles. The van der Waals surface area contributed by atoms with Crippen LogP contribution in [0.1, 0.15) is 52.4 Å². The predicted octanol–water partition coefficient (Wildman–Crippen LogP) is 3.20. The van der Waals surface area contributed by atoms with Gasteiger partial charge in [-0.05, 0) is 37.8 Å². The van der Waals surface area contributed by atoms with E-state index in [1.165, 1.54) is 51.6 Å². The molecule has 0 aliphatic heterocycles. The first-order chi connectivity index (χ1) is 6.36. The average molecular weight is 183 g/mol. The van der Waals surface area contributed by atoms with Crippen molar-refractivity contribution >= 4 is 0 Å². The van der Waals surface area contributed by atoms with Crippen LogP contribution in [-0.2, 0) is 0 Å². The molecule has 0 amide bonds. The third-order valence-corrected chi connectivity index (χ3v) is 3.50. The molecule has 0 heterocycles. The van der Waals surface area contributed by atoms with Crippen molar-refractivity contribution in [1.29, 1.82) is 0 Å². The van der Waals surface area contributed by atoms with E-state index in [2.05, 4.69) is 19.2 Å². The Bertz CT molecular complexity index is 110. The zero-order chi connectivity index (χ0) is 9.52. The van der Waals surface area contributed by atoms with Crippen LogP contribution < -0.4 is 5.32 Å². The van der Waals surface area contributed by atoms with E-state index in [0.717, 1.165) is 11.8 Å². The summed E-state index contributed by atoms with van der Waals surface area (Å²) in [6.45, 7) is 7.11. The van der Waals surface area contributed by atoms with Crippen molar-refractivity contribution in [3.05, 3.63) is 0 Å². The van der Waals surface area contributed by atoms with E-state index in [0.29, 0.717) is 0 Å². The molecule has 0 atom stereocenters. The van der Waals surface area contributed by atoms with Gasteiger partial charge in [0, 0.05) is 0 Å². The van der Waals surface area contributed by atoms with Gasteiger partial charge in [-0.2, -0.15) is 0 Å². The molecular weight excluding hydrogens is 158 g/mol. The van der Waals surface area contributed by atoms with E-state index in [1.807, 2.05) is 0 Å². The highest BCUT2D eigenvalue weighted by Crippen LogP contribution is 2.23. The third kappa shape index (κ3) is 4.12. The number of rotatable bonds is 6. The number of nitrogens with one attached hydrogen (secondary N) is 1. The van der Waals surface area contributed by atoms with Gasteiger partial charge < -0.3 is 5.32 Å². The molecule has 0 radical (unpaired) electrons. The molecule has 1 fully saturated rings. The van der Waals surface area contributed by atoms with Crippen LogP contribution in [0.15, 0.2) is 0 Å². The zero-order valence-corrected chi connectivity index (χ0v) is 9.31. The van der Waals surface area contributed by atoms with Crippen molar-refractivity contribution in [3.8, 4) is 0 Å². The van der Waals surface area contributed by atoms with Crippen molar-refractivity contribution < 1.29 is 0 Å². The van der Waals surface area contributed by atoms with Gasteiger partial charge in [-0.1, -0.05) is 39.5 Å². The Kier molecular flexibility index (Phi) is 5.45. The summed E-state index contributed by atoms with van der Waals surface area (Å²) in [5.74, 6) is 1.90. The molecule has 0 aromatic heterocycles. The van der Waals surface area contributed by atoms with E-state index < -0.39 is 0 Å². The number of hydrogen-bond acceptors (Lipinski definition) is 1. The highest BCUT2D eigenvalue weighted by Gasteiger charge is 2.14. The number of hydrogen-bond donors (Lipinski definition) is 1. The minimum Gasteiger partial charge on any atom is -0.316 e. The van der Waals surface area contributed by atoms with Crippen LogP contribution in [0, 0.1) is 11.8 Å². The summed E-state index contributed by atoms with van der Waals surface area (Å²) < 4.78 is 0. The Balaban J connectivity index is 1.98. The van der Waals surface area contributed by atoms with Gasteiger partial charge in [0.25, 0.3) is 0 Å². The summed E-state index contributed by atoms with van der Waals surface area (Å²) in [7, 11) is 0. The van der Waals surface area contributed by atoms with Crippen LogP contribution in [0.25, 0.3) is 0 Å².